The zero-order valence-electron chi connectivity index (χ0n) is 9.58. The minimum Gasteiger partial charge on any atom is -0.321 e. The lowest BCUT2D eigenvalue weighted by Gasteiger charge is -2.06. The van der Waals surface area contributed by atoms with Crippen LogP contribution in [0.5, 0.6) is 0 Å². The monoisotopic (exact) mass is 264 g/mol. The van der Waals surface area contributed by atoms with Gasteiger partial charge in [0.2, 0.25) is 0 Å². The first-order chi connectivity index (χ1) is 8.56. The lowest BCUT2D eigenvalue weighted by molar-refractivity contribution is 0.102. The molecule has 0 fully saturated rings. The molecule has 1 aromatic carbocycles. The summed E-state index contributed by atoms with van der Waals surface area (Å²) in [6.07, 6.45) is 1.47. The summed E-state index contributed by atoms with van der Waals surface area (Å²) < 4.78 is 12.7. The molecule has 2 rings (SSSR count). The molecule has 0 spiro atoms. The fourth-order valence-corrected chi connectivity index (χ4v) is 1.53. The molecular weight excluding hydrogens is 255 g/mol. The number of halogens is 2. The zero-order chi connectivity index (χ0) is 13.1. The van der Waals surface area contributed by atoms with Gasteiger partial charge in [-0.2, -0.15) is 0 Å². The topological polar surface area (TPSA) is 42.0 Å². The van der Waals surface area contributed by atoms with Gasteiger partial charge >= 0.3 is 0 Å². The highest BCUT2D eigenvalue weighted by Crippen LogP contribution is 2.16. The van der Waals surface area contributed by atoms with Crippen molar-refractivity contribution in [2.75, 3.05) is 5.32 Å². The fourth-order valence-electron chi connectivity index (χ4n) is 1.43. The minimum atomic E-state index is -0.379. The second-order valence-electron chi connectivity index (χ2n) is 3.79. The predicted octanol–water partition coefficient (Wildman–Crippen LogP) is 3.43. The van der Waals surface area contributed by atoms with Gasteiger partial charge in [0.15, 0.2) is 0 Å². The van der Waals surface area contributed by atoms with Crippen LogP contribution >= 0.6 is 11.6 Å². The maximum absolute atomic E-state index is 12.7. The Kier molecular flexibility index (Phi) is 3.58. The molecule has 1 aromatic heterocycles. The van der Waals surface area contributed by atoms with Crippen molar-refractivity contribution in [2.24, 2.45) is 0 Å². The van der Waals surface area contributed by atoms with Gasteiger partial charge in [-0.1, -0.05) is 11.6 Å². The van der Waals surface area contributed by atoms with E-state index in [0.717, 1.165) is 5.56 Å². The van der Waals surface area contributed by atoms with Crippen LogP contribution in [-0.4, -0.2) is 10.9 Å². The molecule has 0 saturated carbocycles. The van der Waals surface area contributed by atoms with E-state index in [1.807, 2.05) is 0 Å². The van der Waals surface area contributed by atoms with Crippen molar-refractivity contribution in [3.05, 3.63) is 58.6 Å². The van der Waals surface area contributed by atoms with Crippen molar-refractivity contribution in [2.45, 2.75) is 6.92 Å². The third-order valence-corrected chi connectivity index (χ3v) is 2.77. The maximum Gasteiger partial charge on any atom is 0.255 e. The summed E-state index contributed by atoms with van der Waals surface area (Å²) >= 11 is 5.79. The first kappa shape index (κ1) is 12.5. The van der Waals surface area contributed by atoms with E-state index in [9.17, 15) is 9.18 Å². The number of aromatic nitrogens is 1. The molecule has 0 aliphatic heterocycles. The molecule has 0 aliphatic carbocycles. The highest BCUT2D eigenvalue weighted by atomic mass is 35.5. The maximum atomic E-state index is 12.7. The van der Waals surface area contributed by atoms with E-state index in [2.05, 4.69) is 10.3 Å². The van der Waals surface area contributed by atoms with E-state index >= 15 is 0 Å². The van der Waals surface area contributed by atoms with Crippen molar-refractivity contribution < 1.29 is 9.18 Å². The summed E-state index contributed by atoms with van der Waals surface area (Å²) in [7, 11) is 0. The van der Waals surface area contributed by atoms with Gasteiger partial charge in [0.1, 0.15) is 11.0 Å². The smallest absolute Gasteiger partial charge is 0.255 e. The molecule has 0 unspecified atom stereocenters. The van der Waals surface area contributed by atoms with E-state index in [-0.39, 0.29) is 11.7 Å². The van der Waals surface area contributed by atoms with Gasteiger partial charge in [-0.15, -0.1) is 0 Å². The second-order valence-corrected chi connectivity index (χ2v) is 4.15. The van der Waals surface area contributed by atoms with Gasteiger partial charge in [0.05, 0.1) is 11.9 Å². The highest BCUT2D eigenvalue weighted by Gasteiger charge is 2.07. The highest BCUT2D eigenvalue weighted by molar-refractivity contribution is 6.30. The Morgan fingerprint density at radius 2 is 2.00 bits per heavy atom. The molecule has 0 atom stereocenters. The number of nitrogens with one attached hydrogen (secondary N) is 1. The number of hydrogen-bond acceptors (Lipinski definition) is 2. The Labute approximate surface area is 109 Å². The van der Waals surface area contributed by atoms with E-state index in [1.165, 1.54) is 30.5 Å². The van der Waals surface area contributed by atoms with Crippen molar-refractivity contribution >= 4 is 23.2 Å². The number of benzene rings is 1. The molecule has 1 N–H and O–H groups in total. The number of aryl methyl sites for hydroxylation is 1. The van der Waals surface area contributed by atoms with E-state index in [0.29, 0.717) is 16.4 Å². The molecule has 0 radical (unpaired) electrons. The van der Waals surface area contributed by atoms with E-state index in [1.54, 1.807) is 13.0 Å². The first-order valence-corrected chi connectivity index (χ1v) is 5.63. The molecular formula is C13H10ClFN2O. The lowest BCUT2D eigenvalue weighted by Crippen LogP contribution is -2.12. The Hall–Kier alpha value is -1.94. The summed E-state index contributed by atoms with van der Waals surface area (Å²) in [4.78, 5) is 15.8. The second kappa shape index (κ2) is 5.14. The number of carbonyl (C=O) groups excluding carboxylic acids is 1. The first-order valence-electron chi connectivity index (χ1n) is 5.25. The van der Waals surface area contributed by atoms with Gasteiger partial charge in [-0.05, 0) is 42.8 Å². The lowest BCUT2D eigenvalue weighted by atomic mass is 10.2. The number of rotatable bonds is 2. The summed E-state index contributed by atoms with van der Waals surface area (Å²) in [5.41, 5.74) is 1.70. The van der Waals surface area contributed by atoms with Gasteiger partial charge in [-0.25, -0.2) is 9.37 Å². The molecule has 1 amide bonds. The Bertz CT molecular complexity index is 584. The van der Waals surface area contributed by atoms with Crippen LogP contribution < -0.4 is 5.32 Å². The van der Waals surface area contributed by atoms with Crippen LogP contribution in [0, 0.1) is 12.7 Å². The van der Waals surface area contributed by atoms with Crippen LogP contribution in [0.25, 0.3) is 0 Å². The molecule has 0 bridgehead atoms. The Balaban J connectivity index is 2.16. The number of hydrogen-bond donors (Lipinski definition) is 1. The van der Waals surface area contributed by atoms with Gasteiger partial charge < -0.3 is 5.32 Å². The minimum absolute atomic E-state index is 0.321. The van der Waals surface area contributed by atoms with Crippen molar-refractivity contribution in [1.82, 2.24) is 4.98 Å². The summed E-state index contributed by atoms with van der Waals surface area (Å²) in [5.74, 6) is -0.700. The predicted molar refractivity (Wildman–Crippen MR) is 68.3 cm³/mol. The number of carbonyl (C=O) groups is 1. The normalized spacial score (nSPS) is 10.2. The molecule has 0 aliphatic rings. The molecule has 3 nitrogen and oxygen atoms in total. The molecule has 0 saturated heterocycles. The quantitative estimate of drug-likeness (QED) is 0.845. The van der Waals surface area contributed by atoms with E-state index in [4.69, 9.17) is 11.6 Å². The molecule has 5 heteroatoms. The average molecular weight is 265 g/mol. The van der Waals surface area contributed by atoms with Crippen LogP contribution in [-0.2, 0) is 0 Å². The van der Waals surface area contributed by atoms with Crippen LogP contribution in [0.1, 0.15) is 15.9 Å². The molecule has 18 heavy (non-hydrogen) atoms. The fraction of sp³-hybridized carbons (Fsp3) is 0.0769. The van der Waals surface area contributed by atoms with E-state index < -0.39 is 0 Å². The SMILES string of the molecule is Cc1cc(NC(=O)c2ccc(F)cc2)cnc1Cl. The van der Waals surface area contributed by atoms with Crippen molar-refractivity contribution in [1.29, 1.82) is 0 Å². The van der Waals surface area contributed by atoms with Gasteiger partial charge in [0, 0.05) is 5.56 Å². The van der Waals surface area contributed by atoms with Crippen LogP contribution in [0.2, 0.25) is 5.15 Å². The third-order valence-electron chi connectivity index (χ3n) is 2.38. The zero-order valence-corrected chi connectivity index (χ0v) is 10.3. The van der Waals surface area contributed by atoms with Crippen molar-refractivity contribution in [3.63, 3.8) is 0 Å². The van der Waals surface area contributed by atoms with Crippen molar-refractivity contribution in [3.8, 4) is 0 Å². The summed E-state index contributed by atoms with van der Waals surface area (Å²) in [6.45, 7) is 1.79. The molecule has 92 valence electrons. The number of nitrogens with zero attached hydrogens (tertiary/aromatic N) is 1. The standard InChI is InChI=1S/C13H10ClFN2O/c1-8-6-11(7-16-12(8)14)17-13(18)9-2-4-10(15)5-3-9/h2-7H,1H3,(H,17,18). The molecule has 2 aromatic rings. The van der Waals surface area contributed by atoms with Crippen LogP contribution in [0.3, 0.4) is 0 Å². The summed E-state index contributed by atoms with van der Waals surface area (Å²) in [6, 6.07) is 7.03. The Morgan fingerprint density at radius 3 is 2.61 bits per heavy atom. The Morgan fingerprint density at radius 1 is 1.33 bits per heavy atom. The largest absolute Gasteiger partial charge is 0.321 e. The van der Waals surface area contributed by atoms with Gasteiger partial charge in [-0.3, -0.25) is 4.79 Å². The number of pyridine rings is 1. The number of anilines is 1. The number of amides is 1. The van der Waals surface area contributed by atoms with Crippen LogP contribution in [0.15, 0.2) is 36.5 Å². The third kappa shape index (κ3) is 2.84. The average Bonchev–Trinajstić information content (AvgIpc) is 2.34. The molecule has 1 heterocycles. The van der Waals surface area contributed by atoms with Gasteiger partial charge in [0.25, 0.3) is 5.91 Å². The summed E-state index contributed by atoms with van der Waals surface area (Å²) in [5, 5.41) is 3.06. The van der Waals surface area contributed by atoms with Crippen LogP contribution in [0.4, 0.5) is 10.1 Å².